The third-order valence-electron chi connectivity index (χ3n) is 7.31. The number of Topliss-reactive ketones (excluding diaryl/α,β-unsaturated/α-hetero) is 1. The molecule has 1 aromatic heterocycles. The highest BCUT2D eigenvalue weighted by atomic mass is 35.5. The molecule has 1 aliphatic carbocycles. The molecule has 0 amide bonds. The Morgan fingerprint density at radius 2 is 2.14 bits per heavy atom. The van der Waals surface area contributed by atoms with Gasteiger partial charge in [-0.2, -0.15) is 5.10 Å². The summed E-state index contributed by atoms with van der Waals surface area (Å²) in [5.74, 6) is 5.53. The summed E-state index contributed by atoms with van der Waals surface area (Å²) in [6, 6.07) is 1.71. The number of nitrogens with two attached hydrogens (primary N) is 1. The molecule has 194 valence electrons. The Balaban J connectivity index is 1.54. The number of hydrogen-bond donors (Lipinski definition) is 3. The van der Waals surface area contributed by atoms with Gasteiger partial charge in [0, 0.05) is 51.2 Å². The van der Waals surface area contributed by atoms with E-state index in [9.17, 15) is 4.79 Å². The van der Waals surface area contributed by atoms with Gasteiger partial charge in [0.2, 0.25) is 0 Å². The van der Waals surface area contributed by atoms with E-state index in [-0.39, 0.29) is 45.7 Å². The first-order valence-electron chi connectivity index (χ1n) is 12.3. The van der Waals surface area contributed by atoms with E-state index in [4.69, 9.17) is 27.5 Å². The molecule has 2 aliphatic heterocycles. The van der Waals surface area contributed by atoms with E-state index in [2.05, 4.69) is 27.2 Å². The maximum absolute atomic E-state index is 15.3. The quantitative estimate of drug-likeness (QED) is 0.528. The van der Waals surface area contributed by atoms with Gasteiger partial charge < -0.3 is 20.4 Å². The van der Waals surface area contributed by atoms with Gasteiger partial charge in [-0.3, -0.25) is 10.2 Å². The van der Waals surface area contributed by atoms with E-state index < -0.39 is 5.82 Å². The largest absolute Gasteiger partial charge is 0.401 e. The summed E-state index contributed by atoms with van der Waals surface area (Å²) in [7, 11) is 3.42. The molecule has 11 heteroatoms. The Labute approximate surface area is 219 Å². The fourth-order valence-corrected chi connectivity index (χ4v) is 5.49. The number of halogens is 2. The maximum Gasteiger partial charge on any atom is 0.168 e. The summed E-state index contributed by atoms with van der Waals surface area (Å²) >= 11 is 6.40. The Hall–Kier alpha value is -3.26. The average Bonchev–Trinajstić information content (AvgIpc) is 3.57. The van der Waals surface area contributed by atoms with Gasteiger partial charge in [0.05, 0.1) is 40.7 Å². The van der Waals surface area contributed by atoms with Crippen molar-refractivity contribution in [3.63, 3.8) is 0 Å². The summed E-state index contributed by atoms with van der Waals surface area (Å²) in [6.45, 7) is 1.19. The third-order valence-corrected chi connectivity index (χ3v) is 7.61. The number of hydrogen-bond acceptors (Lipinski definition) is 7. The molecule has 5 rings (SSSR count). The first kappa shape index (κ1) is 25.4. The fourth-order valence-electron chi connectivity index (χ4n) is 5.26. The van der Waals surface area contributed by atoms with Crippen molar-refractivity contribution in [2.45, 2.75) is 44.2 Å². The van der Waals surface area contributed by atoms with E-state index in [1.54, 1.807) is 29.8 Å². The zero-order valence-corrected chi connectivity index (χ0v) is 21.5. The van der Waals surface area contributed by atoms with Crippen molar-refractivity contribution in [2.75, 3.05) is 20.3 Å². The molecule has 2 aromatic rings. The van der Waals surface area contributed by atoms with Gasteiger partial charge in [0.25, 0.3) is 0 Å². The van der Waals surface area contributed by atoms with Crippen LogP contribution in [0.1, 0.15) is 37.7 Å². The van der Waals surface area contributed by atoms with Crippen LogP contribution >= 0.6 is 11.6 Å². The fraction of sp³-hybridized carbons (Fsp3) is 0.462. The molecular weight excluding hydrogens is 497 g/mol. The summed E-state index contributed by atoms with van der Waals surface area (Å²) in [5.41, 5.74) is 8.63. The van der Waals surface area contributed by atoms with Crippen LogP contribution in [0.5, 0.6) is 0 Å². The lowest BCUT2D eigenvalue weighted by atomic mass is 9.84. The summed E-state index contributed by atoms with van der Waals surface area (Å²) < 4.78 is 22.2. The van der Waals surface area contributed by atoms with Crippen molar-refractivity contribution in [1.29, 1.82) is 5.41 Å². The van der Waals surface area contributed by atoms with E-state index in [0.29, 0.717) is 61.3 Å². The van der Waals surface area contributed by atoms with Crippen LogP contribution in [0.2, 0.25) is 5.02 Å². The van der Waals surface area contributed by atoms with Gasteiger partial charge in [-0.05, 0) is 31.2 Å². The standard InChI is InChI=1S/C26H29ClFN7O2/c1-34-13-32-25-21(34)10-19(27)18(23(25)28)7-8-20-22(24(29)14-3-5-17(36)6-4-14)26(30)35(33-20)16-9-15(12-37-2)31-11-16/h10,13-16,30-31H,3-6,9,11-12,29H2,1-2H3/b24-22+,30-26?/t15-,16+/m1/s1. The molecule has 37 heavy (non-hydrogen) atoms. The summed E-state index contributed by atoms with van der Waals surface area (Å²) in [6.07, 6.45) is 4.43. The number of carbonyl (C=O) groups is 1. The number of nitrogens with zero attached hydrogens (tertiary/aromatic N) is 4. The molecule has 0 bridgehead atoms. The minimum absolute atomic E-state index is 0.0180. The highest BCUT2D eigenvalue weighted by Crippen LogP contribution is 2.32. The smallest absolute Gasteiger partial charge is 0.168 e. The lowest BCUT2D eigenvalue weighted by Crippen LogP contribution is -2.36. The number of nitrogens with one attached hydrogen (secondary N) is 2. The Morgan fingerprint density at radius 3 is 2.86 bits per heavy atom. The highest BCUT2D eigenvalue weighted by Gasteiger charge is 2.38. The predicted molar refractivity (Wildman–Crippen MR) is 140 cm³/mol. The second-order valence-electron chi connectivity index (χ2n) is 9.76. The molecule has 1 saturated heterocycles. The number of amidine groups is 1. The number of ether oxygens (including phenoxy) is 1. The number of aryl methyl sites for hydroxylation is 1. The molecular formula is C26H29ClFN7O2. The Kier molecular flexibility index (Phi) is 7.03. The number of imidazole rings is 1. The van der Waals surface area contributed by atoms with Crippen molar-refractivity contribution >= 4 is 40.0 Å². The van der Waals surface area contributed by atoms with Crippen molar-refractivity contribution in [3.05, 3.63) is 40.1 Å². The zero-order chi connectivity index (χ0) is 26.3. The highest BCUT2D eigenvalue weighted by molar-refractivity contribution is 6.34. The third kappa shape index (κ3) is 4.75. The maximum atomic E-state index is 15.3. The zero-order valence-electron chi connectivity index (χ0n) is 20.8. The van der Waals surface area contributed by atoms with Crippen LogP contribution in [0.15, 0.2) is 28.8 Å². The molecule has 2 fully saturated rings. The molecule has 2 atom stereocenters. The molecule has 3 aliphatic rings. The van der Waals surface area contributed by atoms with Crippen LogP contribution in [0, 0.1) is 29.0 Å². The Bertz CT molecular complexity index is 1390. The molecule has 0 unspecified atom stereocenters. The molecule has 1 saturated carbocycles. The van der Waals surface area contributed by atoms with Crippen LogP contribution < -0.4 is 11.1 Å². The van der Waals surface area contributed by atoms with E-state index in [0.717, 1.165) is 6.42 Å². The van der Waals surface area contributed by atoms with Gasteiger partial charge in [-0.1, -0.05) is 17.5 Å². The number of aromatic nitrogens is 2. The van der Waals surface area contributed by atoms with Crippen molar-refractivity contribution in [1.82, 2.24) is 19.9 Å². The lowest BCUT2D eigenvalue weighted by molar-refractivity contribution is -0.120. The van der Waals surface area contributed by atoms with E-state index in [1.165, 1.54) is 6.33 Å². The predicted octanol–water partition coefficient (Wildman–Crippen LogP) is 2.72. The van der Waals surface area contributed by atoms with E-state index >= 15 is 4.39 Å². The summed E-state index contributed by atoms with van der Waals surface area (Å²) in [4.78, 5) is 15.9. The number of carbonyl (C=O) groups excluding carboxylic acids is 1. The molecule has 3 heterocycles. The molecule has 0 spiro atoms. The van der Waals surface area contributed by atoms with Crippen molar-refractivity contribution in [3.8, 4) is 11.8 Å². The SMILES string of the molecule is COC[C@H]1C[C@H](N2N=C(C#Cc3c(Cl)cc4c(ncn4C)c3F)/C(=C(\N)C3CCC(=O)CC3)C2=N)CN1. The number of methoxy groups -OCH3 is 1. The van der Waals surface area contributed by atoms with Crippen LogP contribution in [-0.4, -0.2) is 64.2 Å². The number of hydrazone groups is 1. The van der Waals surface area contributed by atoms with Gasteiger partial charge in [-0.15, -0.1) is 0 Å². The van der Waals surface area contributed by atoms with Gasteiger partial charge >= 0.3 is 0 Å². The van der Waals surface area contributed by atoms with Crippen LogP contribution in [-0.2, 0) is 16.6 Å². The first-order chi connectivity index (χ1) is 17.8. The minimum Gasteiger partial charge on any atom is -0.401 e. The number of allylic oxidation sites excluding steroid dienone is 1. The van der Waals surface area contributed by atoms with Crippen LogP contribution in [0.25, 0.3) is 11.0 Å². The second kappa shape index (κ2) is 10.2. The topological polar surface area (TPSA) is 122 Å². The van der Waals surface area contributed by atoms with Crippen LogP contribution in [0.4, 0.5) is 4.39 Å². The Morgan fingerprint density at radius 1 is 1.38 bits per heavy atom. The number of ketones is 1. The molecule has 0 radical (unpaired) electrons. The van der Waals surface area contributed by atoms with Gasteiger partial charge in [0.1, 0.15) is 17.0 Å². The summed E-state index contributed by atoms with van der Waals surface area (Å²) in [5, 5.41) is 18.8. The lowest BCUT2D eigenvalue weighted by Gasteiger charge is -2.24. The van der Waals surface area contributed by atoms with Crippen molar-refractivity contribution < 1.29 is 13.9 Å². The number of rotatable bonds is 4. The number of fused-ring (bicyclic) bond motifs is 1. The molecule has 1 aromatic carbocycles. The first-order valence-corrected chi connectivity index (χ1v) is 12.7. The monoisotopic (exact) mass is 525 g/mol. The average molecular weight is 526 g/mol. The second-order valence-corrected chi connectivity index (χ2v) is 10.2. The van der Waals surface area contributed by atoms with Crippen LogP contribution in [0.3, 0.4) is 0 Å². The minimum atomic E-state index is -0.604. The van der Waals surface area contributed by atoms with E-state index in [1.807, 2.05) is 0 Å². The van der Waals surface area contributed by atoms with Crippen molar-refractivity contribution in [2.24, 2.45) is 23.8 Å². The van der Waals surface area contributed by atoms with Gasteiger partial charge in [0.15, 0.2) is 11.7 Å². The molecule has 9 nitrogen and oxygen atoms in total. The number of benzene rings is 1. The normalized spacial score (nSPS) is 24.0. The molecule has 4 N–H and O–H groups in total. The van der Waals surface area contributed by atoms with Gasteiger partial charge in [-0.25, -0.2) is 14.4 Å².